The molecule has 3 N–H and O–H groups in total. The van der Waals surface area contributed by atoms with Gasteiger partial charge in [0.1, 0.15) is 5.82 Å². The first-order valence-corrected chi connectivity index (χ1v) is 8.69. The largest absolute Gasteiger partial charge is 0.392 e. The monoisotopic (exact) mass is 362 g/mol. The van der Waals surface area contributed by atoms with E-state index in [-0.39, 0.29) is 12.4 Å². The van der Waals surface area contributed by atoms with Crippen LogP contribution in [0.15, 0.2) is 54.6 Å². The number of carbonyl (C=O) groups excluding carboxylic acids is 1. The van der Waals surface area contributed by atoms with Crippen molar-refractivity contribution in [2.45, 2.75) is 20.1 Å². The maximum absolute atomic E-state index is 14.6. The van der Waals surface area contributed by atoms with Crippen molar-refractivity contribution in [3.8, 4) is 0 Å². The average Bonchev–Trinajstić information content (AvgIpc) is 2.98. The van der Waals surface area contributed by atoms with Gasteiger partial charge in [0, 0.05) is 27.4 Å². The lowest BCUT2D eigenvalue weighted by Gasteiger charge is -2.11. The van der Waals surface area contributed by atoms with Gasteiger partial charge in [-0.15, -0.1) is 0 Å². The summed E-state index contributed by atoms with van der Waals surface area (Å²) >= 11 is 0. The van der Waals surface area contributed by atoms with E-state index < -0.39 is 5.91 Å². The highest BCUT2D eigenvalue weighted by molar-refractivity contribution is 6.17. The van der Waals surface area contributed by atoms with Crippen LogP contribution >= 0.6 is 0 Å². The van der Waals surface area contributed by atoms with Crippen LogP contribution < -0.4 is 5.73 Å². The van der Waals surface area contributed by atoms with Crippen LogP contribution in [-0.2, 0) is 13.2 Å². The molecule has 4 nitrogen and oxygen atoms in total. The molecule has 3 aromatic carbocycles. The minimum Gasteiger partial charge on any atom is -0.392 e. The molecule has 136 valence electrons. The fourth-order valence-corrected chi connectivity index (χ4v) is 3.66. The van der Waals surface area contributed by atoms with Crippen LogP contribution in [-0.4, -0.2) is 15.6 Å². The van der Waals surface area contributed by atoms with Crippen molar-refractivity contribution in [2.24, 2.45) is 5.73 Å². The molecule has 0 aliphatic carbocycles. The number of amides is 1. The molecule has 0 aliphatic heterocycles. The van der Waals surface area contributed by atoms with Crippen molar-refractivity contribution in [3.63, 3.8) is 0 Å². The minimum atomic E-state index is -0.507. The smallest absolute Gasteiger partial charge is 0.249 e. The first kappa shape index (κ1) is 17.2. The Morgan fingerprint density at radius 1 is 1.11 bits per heavy atom. The Bertz CT molecular complexity index is 1190. The number of hydrogen-bond acceptors (Lipinski definition) is 2. The highest BCUT2D eigenvalue weighted by Crippen LogP contribution is 2.33. The van der Waals surface area contributed by atoms with Gasteiger partial charge < -0.3 is 15.4 Å². The standard InChI is InChI=1S/C22H19FN2O2/c1-13-4-2-5-15(21(13)23)11-25-18-7-3-6-17(22(24)27)20(18)16-9-8-14(12-26)10-19(16)25/h2-10,26H,11-12H2,1H3,(H2,24,27). The summed E-state index contributed by atoms with van der Waals surface area (Å²) in [7, 11) is 0. The maximum Gasteiger partial charge on any atom is 0.249 e. The van der Waals surface area contributed by atoms with E-state index in [0.29, 0.717) is 23.2 Å². The number of fused-ring (bicyclic) bond motifs is 3. The molecule has 0 radical (unpaired) electrons. The highest BCUT2D eigenvalue weighted by Gasteiger charge is 2.18. The third kappa shape index (κ3) is 2.76. The number of carbonyl (C=O) groups is 1. The molecule has 0 bridgehead atoms. The molecule has 0 spiro atoms. The maximum atomic E-state index is 14.6. The number of aromatic nitrogens is 1. The van der Waals surface area contributed by atoms with Gasteiger partial charge in [0.05, 0.1) is 18.7 Å². The minimum absolute atomic E-state index is 0.0983. The molecule has 0 fully saturated rings. The third-order valence-electron chi connectivity index (χ3n) is 5.00. The zero-order valence-corrected chi connectivity index (χ0v) is 14.9. The number of nitrogens with two attached hydrogens (primary N) is 1. The molecule has 27 heavy (non-hydrogen) atoms. The van der Waals surface area contributed by atoms with E-state index in [1.807, 2.05) is 34.9 Å². The molecule has 1 heterocycles. The number of aliphatic hydroxyl groups excluding tert-OH is 1. The van der Waals surface area contributed by atoms with Gasteiger partial charge in [0.25, 0.3) is 0 Å². The van der Waals surface area contributed by atoms with Crippen LogP contribution in [0.4, 0.5) is 4.39 Å². The lowest BCUT2D eigenvalue weighted by atomic mass is 10.0. The van der Waals surface area contributed by atoms with E-state index in [9.17, 15) is 14.3 Å². The second-order valence-electron chi connectivity index (χ2n) is 6.71. The molecule has 4 aromatic rings. The molecule has 1 amide bonds. The quantitative estimate of drug-likeness (QED) is 0.578. The molecule has 4 rings (SSSR count). The Kier molecular flexibility index (Phi) is 4.16. The number of benzene rings is 3. The highest BCUT2D eigenvalue weighted by atomic mass is 19.1. The van der Waals surface area contributed by atoms with Crippen LogP contribution in [0.5, 0.6) is 0 Å². The van der Waals surface area contributed by atoms with E-state index in [1.165, 1.54) is 0 Å². The van der Waals surface area contributed by atoms with Crippen molar-refractivity contribution in [3.05, 3.63) is 82.7 Å². The second kappa shape index (κ2) is 6.52. The molecule has 0 aliphatic rings. The summed E-state index contributed by atoms with van der Waals surface area (Å²) in [5.74, 6) is -0.746. The van der Waals surface area contributed by atoms with Crippen LogP contribution in [0.25, 0.3) is 21.8 Å². The van der Waals surface area contributed by atoms with Gasteiger partial charge in [-0.3, -0.25) is 4.79 Å². The van der Waals surface area contributed by atoms with Gasteiger partial charge in [-0.05, 0) is 36.2 Å². The zero-order valence-electron chi connectivity index (χ0n) is 14.9. The summed E-state index contributed by atoms with van der Waals surface area (Å²) in [6.45, 7) is 1.95. The summed E-state index contributed by atoms with van der Waals surface area (Å²) in [6, 6.07) is 16.3. The molecule has 0 atom stereocenters. The first-order valence-electron chi connectivity index (χ1n) is 8.69. The molecule has 0 saturated carbocycles. The SMILES string of the molecule is Cc1cccc(Cn2c3cc(CO)ccc3c3c(C(N)=O)cccc32)c1F. The van der Waals surface area contributed by atoms with Gasteiger partial charge >= 0.3 is 0 Å². The van der Waals surface area contributed by atoms with Crippen molar-refractivity contribution in [2.75, 3.05) is 0 Å². The third-order valence-corrected chi connectivity index (χ3v) is 5.00. The summed E-state index contributed by atoms with van der Waals surface area (Å²) in [5, 5.41) is 11.1. The second-order valence-corrected chi connectivity index (χ2v) is 6.71. The van der Waals surface area contributed by atoms with Crippen LogP contribution in [0.1, 0.15) is 27.0 Å². The summed E-state index contributed by atoms with van der Waals surface area (Å²) in [6.07, 6.45) is 0. The molecule has 0 unspecified atom stereocenters. The molecule has 0 saturated heterocycles. The number of aryl methyl sites for hydroxylation is 1. The Labute approximate surface area is 155 Å². The van der Waals surface area contributed by atoms with Crippen LogP contribution in [0.2, 0.25) is 0 Å². The first-order chi connectivity index (χ1) is 13.0. The number of hydrogen-bond donors (Lipinski definition) is 2. The topological polar surface area (TPSA) is 68.2 Å². The zero-order chi connectivity index (χ0) is 19.1. The summed E-state index contributed by atoms with van der Waals surface area (Å²) in [5.41, 5.74) is 9.54. The lowest BCUT2D eigenvalue weighted by Crippen LogP contribution is -2.11. The van der Waals surface area contributed by atoms with Gasteiger partial charge in [0.2, 0.25) is 5.91 Å². The van der Waals surface area contributed by atoms with Crippen LogP contribution in [0, 0.1) is 12.7 Å². The van der Waals surface area contributed by atoms with E-state index in [4.69, 9.17) is 5.73 Å². The molecule has 5 heteroatoms. The van der Waals surface area contributed by atoms with E-state index in [0.717, 1.165) is 27.4 Å². The summed E-state index contributed by atoms with van der Waals surface area (Å²) in [4.78, 5) is 12.0. The van der Waals surface area contributed by atoms with Crippen molar-refractivity contribution < 1.29 is 14.3 Å². The van der Waals surface area contributed by atoms with Gasteiger partial charge in [-0.2, -0.15) is 0 Å². The molecular formula is C22H19FN2O2. The van der Waals surface area contributed by atoms with Gasteiger partial charge in [-0.25, -0.2) is 4.39 Å². The number of nitrogens with zero attached hydrogens (tertiary/aromatic N) is 1. The fraction of sp³-hybridized carbons (Fsp3) is 0.136. The van der Waals surface area contributed by atoms with Gasteiger partial charge in [-0.1, -0.05) is 36.4 Å². The predicted octanol–water partition coefficient (Wildman–Crippen LogP) is 3.88. The molecule has 1 aromatic heterocycles. The Hall–Kier alpha value is -3.18. The van der Waals surface area contributed by atoms with Gasteiger partial charge in [0.15, 0.2) is 0 Å². The Balaban J connectivity index is 2.06. The number of rotatable bonds is 4. The number of aliphatic hydroxyl groups is 1. The van der Waals surface area contributed by atoms with Crippen molar-refractivity contribution >= 4 is 27.7 Å². The van der Waals surface area contributed by atoms with E-state index in [2.05, 4.69) is 0 Å². The van der Waals surface area contributed by atoms with Crippen molar-refractivity contribution in [1.29, 1.82) is 0 Å². The van der Waals surface area contributed by atoms with Crippen molar-refractivity contribution in [1.82, 2.24) is 4.57 Å². The predicted molar refractivity (Wildman–Crippen MR) is 104 cm³/mol. The van der Waals surface area contributed by atoms with Crippen LogP contribution in [0.3, 0.4) is 0 Å². The lowest BCUT2D eigenvalue weighted by molar-refractivity contribution is 0.100. The molecular weight excluding hydrogens is 343 g/mol. The van der Waals surface area contributed by atoms with E-state index in [1.54, 1.807) is 31.2 Å². The van der Waals surface area contributed by atoms with E-state index >= 15 is 0 Å². The Morgan fingerprint density at radius 3 is 2.63 bits per heavy atom. The fourth-order valence-electron chi connectivity index (χ4n) is 3.66. The summed E-state index contributed by atoms with van der Waals surface area (Å²) < 4.78 is 16.6. The normalized spacial score (nSPS) is 11.4. The Morgan fingerprint density at radius 2 is 1.89 bits per heavy atom. The number of halogens is 1. The average molecular weight is 362 g/mol. The number of primary amides is 1.